The van der Waals surface area contributed by atoms with Gasteiger partial charge in [0.2, 0.25) is 11.8 Å². The molecule has 1 atom stereocenters. The minimum absolute atomic E-state index is 0.0837. The van der Waals surface area contributed by atoms with E-state index in [0.717, 1.165) is 0 Å². The van der Waals surface area contributed by atoms with Gasteiger partial charge in [0.1, 0.15) is 0 Å². The Kier molecular flexibility index (Phi) is 4.70. The normalized spacial score (nSPS) is 21.9. The fourth-order valence-electron chi connectivity index (χ4n) is 2.06. The van der Waals surface area contributed by atoms with Crippen LogP contribution in [0.15, 0.2) is 0 Å². The number of nitrogens with zero attached hydrogens (tertiary/aromatic N) is 1. The molecule has 0 spiro atoms. The lowest BCUT2D eigenvalue weighted by molar-refractivity contribution is -0.277. The maximum absolute atomic E-state index is 12.4. The molecule has 1 aliphatic heterocycles. The van der Waals surface area contributed by atoms with Crippen LogP contribution in [0.1, 0.15) is 12.8 Å². The lowest BCUT2D eigenvalue weighted by Crippen LogP contribution is -2.54. The number of hydrogen-bond acceptors (Lipinski definition) is 2. The van der Waals surface area contributed by atoms with E-state index in [1.165, 1.54) is 0 Å². The number of halogens is 6. The second kappa shape index (κ2) is 5.56. The number of piperidine rings is 1. The van der Waals surface area contributed by atoms with Gasteiger partial charge in [0.05, 0.1) is 0 Å². The average molecular weight is 292 g/mol. The number of hydrogen-bond donors (Lipinski definition) is 1. The van der Waals surface area contributed by atoms with Crippen LogP contribution >= 0.6 is 0 Å². The van der Waals surface area contributed by atoms with E-state index in [0.29, 0.717) is 17.7 Å². The molecule has 112 valence electrons. The largest absolute Gasteiger partial charge is 0.409 e. The summed E-state index contributed by atoms with van der Waals surface area (Å²) in [5.74, 6) is -5.85. The number of carbonyl (C=O) groups is 1. The smallest absolute Gasteiger partial charge is 0.340 e. The summed E-state index contributed by atoms with van der Waals surface area (Å²) in [6, 6.07) is -0.278. The Morgan fingerprint density at radius 2 is 1.74 bits per heavy atom. The summed E-state index contributed by atoms with van der Waals surface area (Å²) in [4.78, 5) is 12.1. The highest BCUT2D eigenvalue weighted by Gasteiger charge is 2.62. The molecule has 0 saturated carbocycles. The van der Waals surface area contributed by atoms with Crippen LogP contribution in [0.5, 0.6) is 0 Å². The van der Waals surface area contributed by atoms with Gasteiger partial charge in [-0.1, -0.05) is 0 Å². The number of likely N-dealkylation sites (tertiary alicyclic amines) is 1. The van der Waals surface area contributed by atoms with Crippen molar-refractivity contribution in [3.63, 3.8) is 0 Å². The highest BCUT2D eigenvalue weighted by molar-refractivity contribution is 5.80. The molecule has 0 bridgehead atoms. The molecule has 0 aromatic heterocycles. The zero-order chi connectivity index (χ0) is 14.8. The Balaban J connectivity index is 2.88. The van der Waals surface area contributed by atoms with Crippen molar-refractivity contribution in [1.82, 2.24) is 10.2 Å². The molecule has 19 heavy (non-hydrogen) atoms. The third-order valence-electron chi connectivity index (χ3n) is 3.04. The van der Waals surface area contributed by atoms with Crippen molar-refractivity contribution in [2.45, 2.75) is 31.2 Å². The van der Waals surface area contributed by atoms with Crippen molar-refractivity contribution >= 4 is 5.91 Å². The molecule has 1 fully saturated rings. The molecular weight excluding hydrogens is 278 g/mol. The summed E-state index contributed by atoms with van der Waals surface area (Å²) < 4.78 is 74.5. The zero-order valence-corrected chi connectivity index (χ0v) is 10.1. The molecule has 3 nitrogen and oxygen atoms in total. The Bertz CT molecular complexity index is 313. The zero-order valence-electron chi connectivity index (χ0n) is 10.1. The van der Waals surface area contributed by atoms with Gasteiger partial charge in [-0.15, -0.1) is 0 Å². The SMILES string of the molecule is CNC1CCCN(C(=O)C(C(F)(F)F)C(F)(F)F)C1. The lowest BCUT2D eigenvalue weighted by Gasteiger charge is -2.35. The first-order chi connectivity index (χ1) is 8.57. The standard InChI is InChI=1S/C10H14F6N2O/c1-17-6-3-2-4-18(5-6)8(19)7(9(11,12)13)10(14,15)16/h6-7,17H,2-5H2,1H3. The van der Waals surface area contributed by atoms with Crippen molar-refractivity contribution in [3.05, 3.63) is 0 Å². The third-order valence-corrected chi connectivity index (χ3v) is 3.04. The monoisotopic (exact) mass is 292 g/mol. The van der Waals surface area contributed by atoms with Crippen molar-refractivity contribution in [2.24, 2.45) is 5.92 Å². The predicted octanol–water partition coefficient (Wildman–Crippen LogP) is 1.94. The molecular formula is C10H14F6N2O. The van der Waals surface area contributed by atoms with Crippen LogP contribution < -0.4 is 5.32 Å². The topological polar surface area (TPSA) is 32.3 Å². The summed E-state index contributed by atoms with van der Waals surface area (Å²) in [5.41, 5.74) is 0. The maximum atomic E-state index is 12.4. The van der Waals surface area contributed by atoms with E-state index in [2.05, 4.69) is 5.32 Å². The Hall–Kier alpha value is -0.990. The molecule has 0 aliphatic carbocycles. The summed E-state index contributed by atoms with van der Waals surface area (Å²) >= 11 is 0. The van der Waals surface area contributed by atoms with E-state index in [4.69, 9.17) is 0 Å². The second-order valence-corrected chi connectivity index (χ2v) is 4.43. The van der Waals surface area contributed by atoms with Gasteiger partial charge in [-0.25, -0.2) is 0 Å². The molecule has 1 aliphatic rings. The number of carbonyl (C=O) groups excluding carboxylic acids is 1. The van der Waals surface area contributed by atoms with Gasteiger partial charge in [0.25, 0.3) is 0 Å². The molecule has 0 aromatic rings. The molecule has 9 heteroatoms. The van der Waals surface area contributed by atoms with Crippen LogP contribution in [0.2, 0.25) is 0 Å². The Labute approximate surface area is 105 Å². The van der Waals surface area contributed by atoms with Crippen LogP contribution in [0, 0.1) is 5.92 Å². The van der Waals surface area contributed by atoms with E-state index in [1.807, 2.05) is 0 Å². The maximum Gasteiger partial charge on any atom is 0.409 e. The fourth-order valence-corrected chi connectivity index (χ4v) is 2.06. The minimum Gasteiger partial charge on any atom is -0.340 e. The van der Waals surface area contributed by atoms with Crippen molar-refractivity contribution in [2.75, 3.05) is 20.1 Å². The van der Waals surface area contributed by atoms with Crippen molar-refractivity contribution in [1.29, 1.82) is 0 Å². The van der Waals surface area contributed by atoms with Gasteiger partial charge >= 0.3 is 12.4 Å². The summed E-state index contributed by atoms with van der Waals surface area (Å²) in [6.07, 6.45) is -10.3. The van der Waals surface area contributed by atoms with Crippen molar-refractivity contribution in [3.8, 4) is 0 Å². The summed E-state index contributed by atoms with van der Waals surface area (Å²) in [7, 11) is 1.55. The first-order valence-corrected chi connectivity index (χ1v) is 5.67. The summed E-state index contributed by atoms with van der Waals surface area (Å²) in [5, 5.41) is 2.75. The minimum atomic E-state index is -5.62. The summed E-state index contributed by atoms with van der Waals surface area (Å²) in [6.45, 7) is -0.225. The number of likely N-dealkylation sites (N-methyl/N-ethyl adjacent to an activating group) is 1. The van der Waals surface area contributed by atoms with Crippen LogP contribution in [-0.2, 0) is 4.79 Å². The van der Waals surface area contributed by atoms with Gasteiger partial charge < -0.3 is 10.2 Å². The quantitative estimate of drug-likeness (QED) is 0.789. The van der Waals surface area contributed by atoms with Crippen LogP contribution in [-0.4, -0.2) is 49.3 Å². The molecule has 1 rings (SSSR count). The van der Waals surface area contributed by atoms with Gasteiger partial charge in [0.15, 0.2) is 0 Å². The van der Waals surface area contributed by atoms with Crippen LogP contribution in [0.25, 0.3) is 0 Å². The Morgan fingerprint density at radius 1 is 1.21 bits per heavy atom. The van der Waals surface area contributed by atoms with Gasteiger partial charge in [-0.05, 0) is 19.9 Å². The molecule has 1 unspecified atom stereocenters. The molecule has 1 amide bonds. The lowest BCUT2D eigenvalue weighted by atomic mass is 10.0. The molecule has 0 aromatic carbocycles. The number of alkyl halides is 6. The van der Waals surface area contributed by atoms with E-state index in [1.54, 1.807) is 7.05 Å². The number of rotatable bonds is 2. The molecule has 0 radical (unpaired) electrons. The molecule has 1 heterocycles. The van der Waals surface area contributed by atoms with E-state index in [-0.39, 0.29) is 19.1 Å². The fraction of sp³-hybridized carbons (Fsp3) is 0.900. The molecule has 1 saturated heterocycles. The van der Waals surface area contributed by atoms with E-state index < -0.39 is 24.2 Å². The average Bonchev–Trinajstić information content (AvgIpc) is 2.25. The number of nitrogens with one attached hydrogen (secondary N) is 1. The van der Waals surface area contributed by atoms with Crippen LogP contribution in [0.3, 0.4) is 0 Å². The van der Waals surface area contributed by atoms with E-state index >= 15 is 0 Å². The van der Waals surface area contributed by atoms with Gasteiger partial charge in [0, 0.05) is 19.1 Å². The highest BCUT2D eigenvalue weighted by atomic mass is 19.4. The second-order valence-electron chi connectivity index (χ2n) is 4.43. The van der Waals surface area contributed by atoms with E-state index in [9.17, 15) is 31.1 Å². The predicted molar refractivity (Wildman–Crippen MR) is 54.3 cm³/mol. The van der Waals surface area contributed by atoms with Gasteiger partial charge in [-0.3, -0.25) is 4.79 Å². The first-order valence-electron chi connectivity index (χ1n) is 5.67. The highest BCUT2D eigenvalue weighted by Crippen LogP contribution is 2.40. The van der Waals surface area contributed by atoms with Gasteiger partial charge in [-0.2, -0.15) is 26.3 Å². The first kappa shape index (κ1) is 16.1. The molecule has 1 N–H and O–H groups in total. The van der Waals surface area contributed by atoms with Crippen molar-refractivity contribution < 1.29 is 31.1 Å². The Morgan fingerprint density at radius 3 is 2.16 bits per heavy atom. The van der Waals surface area contributed by atoms with Crippen LogP contribution in [0.4, 0.5) is 26.3 Å². The third kappa shape index (κ3) is 3.99. The number of amides is 1.